The van der Waals surface area contributed by atoms with Crippen LogP contribution < -0.4 is 4.90 Å². The highest BCUT2D eigenvalue weighted by Gasteiger charge is 2.28. The smallest absolute Gasteiger partial charge is 0.264 e. The molecule has 3 aromatic heterocycles. The van der Waals surface area contributed by atoms with E-state index in [4.69, 9.17) is 9.97 Å². The number of thiophene rings is 1. The zero-order chi connectivity index (χ0) is 20.8. The van der Waals surface area contributed by atoms with Crippen molar-refractivity contribution in [2.24, 2.45) is 0 Å². The molecule has 0 atom stereocenters. The standard InChI is InChI=1S/C21H26N6OS/c1-13-15-14(2)24-19(21(3,4)5)25-17(15)29-16(13)18(28)26-9-11-27(12-10-26)20-22-7-6-8-23-20/h6-8H,9-12H2,1-5H3. The molecule has 0 spiro atoms. The van der Waals surface area contributed by atoms with Gasteiger partial charge in [0, 0.05) is 49.4 Å². The van der Waals surface area contributed by atoms with Gasteiger partial charge in [0.25, 0.3) is 5.91 Å². The van der Waals surface area contributed by atoms with Crippen LogP contribution in [0.25, 0.3) is 10.2 Å². The molecule has 7 nitrogen and oxygen atoms in total. The van der Waals surface area contributed by atoms with Gasteiger partial charge in [-0.25, -0.2) is 19.9 Å². The molecule has 0 unspecified atom stereocenters. The average molecular weight is 411 g/mol. The fourth-order valence-electron chi connectivity index (χ4n) is 3.59. The molecule has 8 heteroatoms. The van der Waals surface area contributed by atoms with Gasteiger partial charge in [0.2, 0.25) is 5.95 Å². The number of piperazine rings is 1. The average Bonchev–Trinajstić information content (AvgIpc) is 3.04. The van der Waals surface area contributed by atoms with E-state index in [2.05, 4.69) is 35.6 Å². The Bertz CT molecular complexity index is 1050. The molecule has 1 aliphatic rings. The summed E-state index contributed by atoms with van der Waals surface area (Å²) in [5.41, 5.74) is 1.80. The summed E-state index contributed by atoms with van der Waals surface area (Å²) in [4.78, 5) is 37.1. The zero-order valence-electron chi connectivity index (χ0n) is 17.6. The lowest BCUT2D eigenvalue weighted by Crippen LogP contribution is -2.49. The van der Waals surface area contributed by atoms with Crippen LogP contribution in [0, 0.1) is 13.8 Å². The van der Waals surface area contributed by atoms with E-state index >= 15 is 0 Å². The molecule has 1 fully saturated rings. The normalized spacial score (nSPS) is 15.2. The first-order valence-electron chi connectivity index (χ1n) is 9.85. The van der Waals surface area contributed by atoms with Gasteiger partial charge in [-0.15, -0.1) is 11.3 Å². The molecule has 4 rings (SSSR count). The van der Waals surface area contributed by atoms with Gasteiger partial charge in [-0.05, 0) is 25.5 Å². The molecule has 1 saturated heterocycles. The number of fused-ring (bicyclic) bond motifs is 1. The fraction of sp³-hybridized carbons (Fsp3) is 0.476. The number of carbonyl (C=O) groups excluding carboxylic acids is 1. The van der Waals surface area contributed by atoms with Crippen molar-refractivity contribution >= 4 is 33.4 Å². The minimum atomic E-state index is -0.128. The molecular formula is C21H26N6OS. The van der Waals surface area contributed by atoms with Crippen molar-refractivity contribution in [2.45, 2.75) is 40.0 Å². The SMILES string of the molecule is Cc1nc(C(C)(C)C)nc2sc(C(=O)N3CCN(c4ncccn4)CC3)c(C)c12. The Morgan fingerprint density at radius 3 is 2.31 bits per heavy atom. The molecule has 29 heavy (non-hydrogen) atoms. The van der Waals surface area contributed by atoms with E-state index in [1.165, 1.54) is 11.3 Å². The number of hydrogen-bond acceptors (Lipinski definition) is 7. The van der Waals surface area contributed by atoms with Gasteiger partial charge in [0.1, 0.15) is 10.7 Å². The van der Waals surface area contributed by atoms with Crippen molar-refractivity contribution in [1.82, 2.24) is 24.8 Å². The Balaban J connectivity index is 1.58. The van der Waals surface area contributed by atoms with Crippen LogP contribution >= 0.6 is 11.3 Å². The minimum absolute atomic E-state index is 0.0795. The van der Waals surface area contributed by atoms with Crippen LogP contribution in [-0.4, -0.2) is 56.9 Å². The highest BCUT2D eigenvalue weighted by molar-refractivity contribution is 7.20. The molecule has 0 saturated carbocycles. The third-order valence-electron chi connectivity index (χ3n) is 5.24. The van der Waals surface area contributed by atoms with E-state index in [0.717, 1.165) is 51.2 Å². The van der Waals surface area contributed by atoms with Crippen molar-refractivity contribution in [3.63, 3.8) is 0 Å². The summed E-state index contributed by atoms with van der Waals surface area (Å²) in [6.45, 7) is 13.1. The predicted molar refractivity (Wildman–Crippen MR) is 116 cm³/mol. The first-order chi connectivity index (χ1) is 13.8. The van der Waals surface area contributed by atoms with E-state index in [0.29, 0.717) is 13.1 Å². The summed E-state index contributed by atoms with van der Waals surface area (Å²) in [6, 6.07) is 1.81. The van der Waals surface area contributed by atoms with Gasteiger partial charge < -0.3 is 9.80 Å². The van der Waals surface area contributed by atoms with Gasteiger partial charge in [-0.3, -0.25) is 4.79 Å². The predicted octanol–water partition coefficient (Wildman–Crippen LogP) is 3.36. The second-order valence-electron chi connectivity index (χ2n) is 8.45. The summed E-state index contributed by atoms with van der Waals surface area (Å²) in [6.07, 6.45) is 3.49. The second kappa shape index (κ2) is 7.33. The lowest BCUT2D eigenvalue weighted by Gasteiger charge is -2.34. The maximum absolute atomic E-state index is 13.3. The molecule has 1 aliphatic heterocycles. The lowest BCUT2D eigenvalue weighted by molar-refractivity contribution is 0.0750. The van der Waals surface area contributed by atoms with Crippen LogP contribution in [0.1, 0.15) is 47.5 Å². The number of carbonyl (C=O) groups is 1. The van der Waals surface area contributed by atoms with Gasteiger partial charge in [-0.1, -0.05) is 20.8 Å². The first-order valence-corrected chi connectivity index (χ1v) is 10.7. The topological polar surface area (TPSA) is 75.1 Å². The maximum Gasteiger partial charge on any atom is 0.264 e. The number of nitrogens with zero attached hydrogens (tertiary/aromatic N) is 6. The van der Waals surface area contributed by atoms with E-state index in [-0.39, 0.29) is 11.3 Å². The van der Waals surface area contributed by atoms with Crippen molar-refractivity contribution in [3.05, 3.63) is 40.4 Å². The number of aryl methyl sites for hydroxylation is 2. The van der Waals surface area contributed by atoms with Crippen LogP contribution in [0.15, 0.2) is 18.5 Å². The van der Waals surface area contributed by atoms with Gasteiger partial charge in [0.15, 0.2) is 0 Å². The van der Waals surface area contributed by atoms with Crippen molar-refractivity contribution in [2.75, 3.05) is 31.1 Å². The highest BCUT2D eigenvalue weighted by atomic mass is 32.1. The molecule has 0 bridgehead atoms. The Morgan fingerprint density at radius 1 is 1.03 bits per heavy atom. The molecular weight excluding hydrogens is 384 g/mol. The first kappa shape index (κ1) is 19.7. The lowest BCUT2D eigenvalue weighted by atomic mass is 9.95. The zero-order valence-corrected chi connectivity index (χ0v) is 18.4. The highest BCUT2D eigenvalue weighted by Crippen LogP contribution is 2.34. The van der Waals surface area contributed by atoms with Gasteiger partial charge >= 0.3 is 0 Å². The number of hydrogen-bond donors (Lipinski definition) is 0. The van der Waals surface area contributed by atoms with E-state index in [9.17, 15) is 4.79 Å². The van der Waals surface area contributed by atoms with Gasteiger partial charge in [0.05, 0.1) is 10.6 Å². The van der Waals surface area contributed by atoms with E-state index in [1.807, 2.05) is 24.8 Å². The Kier molecular flexibility index (Phi) is 4.98. The van der Waals surface area contributed by atoms with Gasteiger partial charge in [-0.2, -0.15) is 0 Å². The summed E-state index contributed by atoms with van der Waals surface area (Å²) in [7, 11) is 0. The molecule has 152 valence electrons. The number of amides is 1. The van der Waals surface area contributed by atoms with Crippen LogP contribution in [0.3, 0.4) is 0 Å². The Hall–Kier alpha value is -2.61. The van der Waals surface area contributed by atoms with E-state index < -0.39 is 0 Å². The number of anilines is 1. The summed E-state index contributed by atoms with van der Waals surface area (Å²) < 4.78 is 0. The third kappa shape index (κ3) is 3.69. The summed E-state index contributed by atoms with van der Waals surface area (Å²) in [5.74, 6) is 1.62. The van der Waals surface area contributed by atoms with Crippen LogP contribution in [-0.2, 0) is 5.41 Å². The van der Waals surface area contributed by atoms with E-state index in [1.54, 1.807) is 12.4 Å². The Labute approximate surface area is 174 Å². The fourth-order valence-corrected chi connectivity index (χ4v) is 4.79. The van der Waals surface area contributed by atoms with Crippen LogP contribution in [0.4, 0.5) is 5.95 Å². The van der Waals surface area contributed by atoms with Crippen molar-refractivity contribution in [1.29, 1.82) is 0 Å². The maximum atomic E-state index is 13.3. The molecule has 0 radical (unpaired) electrons. The Morgan fingerprint density at radius 2 is 1.69 bits per heavy atom. The molecule has 1 amide bonds. The number of rotatable bonds is 2. The van der Waals surface area contributed by atoms with Crippen LogP contribution in [0.5, 0.6) is 0 Å². The molecule has 3 aromatic rings. The summed E-state index contributed by atoms with van der Waals surface area (Å²) in [5, 5.41) is 1.02. The molecule has 4 heterocycles. The monoisotopic (exact) mass is 410 g/mol. The third-order valence-corrected chi connectivity index (χ3v) is 6.41. The largest absolute Gasteiger partial charge is 0.337 e. The molecule has 0 aromatic carbocycles. The molecule has 0 N–H and O–H groups in total. The van der Waals surface area contributed by atoms with Crippen LogP contribution in [0.2, 0.25) is 0 Å². The van der Waals surface area contributed by atoms with Crippen molar-refractivity contribution < 1.29 is 4.79 Å². The van der Waals surface area contributed by atoms with Crippen molar-refractivity contribution in [3.8, 4) is 0 Å². The minimum Gasteiger partial charge on any atom is -0.337 e. The second-order valence-corrected chi connectivity index (χ2v) is 9.45. The molecule has 0 aliphatic carbocycles. The number of aromatic nitrogens is 4. The quantitative estimate of drug-likeness (QED) is 0.645. The summed E-state index contributed by atoms with van der Waals surface area (Å²) >= 11 is 1.49.